The van der Waals surface area contributed by atoms with Crippen LogP contribution >= 0.6 is 0 Å². The monoisotopic (exact) mass is 420 g/mol. The van der Waals surface area contributed by atoms with Crippen LogP contribution in [0.25, 0.3) is 0 Å². The molecule has 2 aliphatic rings. The number of hydrogen-bond acceptors (Lipinski definition) is 6. The molecule has 0 saturated carbocycles. The highest BCUT2D eigenvalue weighted by Crippen LogP contribution is 2.33. The Morgan fingerprint density at radius 3 is 2.61 bits per heavy atom. The third-order valence-corrected chi connectivity index (χ3v) is 5.52. The number of cyclic esters (lactones) is 1. The Labute approximate surface area is 180 Å². The van der Waals surface area contributed by atoms with Crippen LogP contribution in [-0.4, -0.2) is 40.4 Å². The van der Waals surface area contributed by atoms with E-state index < -0.39 is 29.7 Å². The molecule has 7 nitrogen and oxygen atoms in total. The fraction of sp³-hybridized carbons (Fsp3) is 0.292. The Morgan fingerprint density at radius 1 is 1.23 bits per heavy atom. The molecule has 0 unspecified atom stereocenters. The minimum absolute atomic E-state index is 0.267. The Bertz CT molecular complexity index is 1010. The number of amides is 2. The number of hydrogen-bond donors (Lipinski definition) is 0. The first-order chi connectivity index (χ1) is 14.9. The average molecular weight is 420 g/mol. The number of oxime groups is 1. The fourth-order valence-electron chi connectivity index (χ4n) is 3.86. The van der Waals surface area contributed by atoms with Gasteiger partial charge in [-0.15, -0.1) is 0 Å². The van der Waals surface area contributed by atoms with Crippen LogP contribution in [0.5, 0.6) is 5.75 Å². The Morgan fingerprint density at radius 2 is 1.94 bits per heavy atom. The van der Waals surface area contributed by atoms with Gasteiger partial charge in [0, 0.05) is 6.42 Å². The summed E-state index contributed by atoms with van der Waals surface area (Å²) in [6.07, 6.45) is 0.583. The first-order valence-electron chi connectivity index (χ1n) is 10.1. The minimum atomic E-state index is -0.876. The van der Waals surface area contributed by atoms with E-state index in [1.54, 1.807) is 12.1 Å². The second-order valence-corrected chi connectivity index (χ2v) is 8.03. The topological polar surface area (TPSA) is 77.4 Å². The smallest absolute Gasteiger partial charge is 0.417 e. The Hall–Kier alpha value is -3.61. The minimum Gasteiger partial charge on any atom is -0.466 e. The van der Waals surface area contributed by atoms with Gasteiger partial charge in [-0.05, 0) is 55.7 Å². The molecule has 0 radical (unpaired) electrons. The van der Waals surface area contributed by atoms with Gasteiger partial charge < -0.3 is 14.3 Å². The van der Waals surface area contributed by atoms with E-state index in [0.717, 1.165) is 11.1 Å². The second kappa shape index (κ2) is 8.26. The van der Waals surface area contributed by atoms with Crippen LogP contribution in [-0.2, 0) is 20.8 Å². The van der Waals surface area contributed by atoms with Crippen LogP contribution in [0, 0.1) is 0 Å². The molecule has 0 spiro atoms. The molecule has 2 aliphatic heterocycles. The molecule has 2 aromatic rings. The van der Waals surface area contributed by atoms with Crippen molar-refractivity contribution in [3.8, 4) is 5.75 Å². The van der Waals surface area contributed by atoms with Gasteiger partial charge in [-0.1, -0.05) is 42.1 Å². The summed E-state index contributed by atoms with van der Waals surface area (Å²) in [5.74, 6) is 0.207. The van der Waals surface area contributed by atoms with Crippen molar-refractivity contribution in [1.29, 1.82) is 0 Å². The molecular formula is C24H24N2O5. The van der Waals surface area contributed by atoms with Crippen LogP contribution in [0.3, 0.4) is 0 Å². The van der Waals surface area contributed by atoms with E-state index >= 15 is 0 Å². The van der Waals surface area contributed by atoms with E-state index in [-0.39, 0.29) is 6.42 Å². The number of carbonyl (C=O) groups is 2. The van der Waals surface area contributed by atoms with Gasteiger partial charge in [0.15, 0.2) is 0 Å². The summed E-state index contributed by atoms with van der Waals surface area (Å²) in [7, 11) is 0. The maximum absolute atomic E-state index is 13.3. The molecule has 2 amide bonds. The lowest BCUT2D eigenvalue weighted by Crippen LogP contribution is -2.49. The fourth-order valence-corrected chi connectivity index (χ4v) is 3.86. The summed E-state index contributed by atoms with van der Waals surface area (Å²) in [5, 5.41) is 4.08. The molecule has 0 bridgehead atoms. The predicted molar refractivity (Wildman–Crippen MR) is 115 cm³/mol. The van der Waals surface area contributed by atoms with Gasteiger partial charge in [0.2, 0.25) is 6.10 Å². The zero-order valence-corrected chi connectivity index (χ0v) is 17.5. The van der Waals surface area contributed by atoms with Gasteiger partial charge in [0.25, 0.3) is 5.91 Å². The Kier molecular flexibility index (Phi) is 5.50. The highest BCUT2D eigenvalue weighted by molar-refractivity contribution is 6.06. The normalized spacial score (nSPS) is 21.8. The maximum Gasteiger partial charge on any atom is 0.417 e. The van der Waals surface area contributed by atoms with Crippen molar-refractivity contribution in [2.75, 3.05) is 0 Å². The molecule has 7 heteroatoms. The van der Waals surface area contributed by atoms with E-state index in [9.17, 15) is 9.59 Å². The predicted octanol–water partition coefficient (Wildman–Crippen LogP) is 4.07. The summed E-state index contributed by atoms with van der Waals surface area (Å²) >= 11 is 0. The molecule has 0 N–H and O–H groups in total. The number of rotatable bonds is 6. The number of benzene rings is 2. The summed E-state index contributed by atoms with van der Waals surface area (Å²) in [5.41, 5.74) is 1.65. The lowest BCUT2D eigenvalue weighted by atomic mass is 9.91. The van der Waals surface area contributed by atoms with Crippen LogP contribution in [0.1, 0.15) is 31.4 Å². The van der Waals surface area contributed by atoms with E-state index in [1.807, 2.05) is 56.3 Å². The standard InChI is InChI=1S/C24H24N2O5/c1-4-29-18-12-10-17(11-13-18)19-15-20(31-25-19)22(27)26-21(24(2,3)30-23(26)28)14-16-8-6-5-7-9-16/h4-13,20-21H,1,14-15H2,2-3H3/t20-,21-/m0/s1. The summed E-state index contributed by atoms with van der Waals surface area (Å²) < 4.78 is 10.7. The molecule has 4 rings (SSSR count). The molecule has 2 aromatic carbocycles. The number of ether oxygens (including phenoxy) is 2. The lowest BCUT2D eigenvalue weighted by Gasteiger charge is -2.28. The second-order valence-electron chi connectivity index (χ2n) is 8.03. The molecule has 0 aliphatic carbocycles. The highest BCUT2D eigenvalue weighted by atomic mass is 16.6. The van der Waals surface area contributed by atoms with E-state index in [0.29, 0.717) is 17.9 Å². The largest absolute Gasteiger partial charge is 0.466 e. The van der Waals surface area contributed by atoms with Crippen LogP contribution in [0.2, 0.25) is 0 Å². The maximum atomic E-state index is 13.3. The summed E-state index contributed by atoms with van der Waals surface area (Å²) in [4.78, 5) is 32.5. The average Bonchev–Trinajstić information content (AvgIpc) is 3.32. The number of nitrogens with zero attached hydrogens (tertiary/aromatic N) is 2. The van der Waals surface area contributed by atoms with Crippen molar-refractivity contribution in [2.45, 2.75) is 44.4 Å². The van der Waals surface area contributed by atoms with E-state index in [1.165, 1.54) is 11.2 Å². The lowest BCUT2D eigenvalue weighted by molar-refractivity contribution is -0.140. The van der Waals surface area contributed by atoms with E-state index in [2.05, 4.69) is 11.7 Å². The zero-order chi connectivity index (χ0) is 22.0. The molecular weight excluding hydrogens is 396 g/mol. The zero-order valence-electron chi connectivity index (χ0n) is 17.5. The molecule has 2 atom stereocenters. The molecule has 160 valence electrons. The van der Waals surface area contributed by atoms with Gasteiger partial charge in [-0.25, -0.2) is 9.69 Å². The summed E-state index contributed by atoms with van der Waals surface area (Å²) in [6, 6.07) is 16.5. The van der Waals surface area contributed by atoms with Crippen molar-refractivity contribution < 1.29 is 23.9 Å². The first kappa shape index (κ1) is 20.7. The van der Waals surface area contributed by atoms with Gasteiger partial charge in [-0.2, -0.15) is 0 Å². The third kappa shape index (κ3) is 4.17. The third-order valence-electron chi connectivity index (χ3n) is 5.52. The Balaban J connectivity index is 1.49. The SMILES string of the molecule is C=COc1ccc(C2=NO[C@H](C(=O)N3C(=O)OC(C)(C)[C@@H]3Cc3ccccc3)C2)cc1. The van der Waals surface area contributed by atoms with Gasteiger partial charge in [-0.3, -0.25) is 4.79 Å². The van der Waals surface area contributed by atoms with Crippen LogP contribution < -0.4 is 4.74 Å². The van der Waals surface area contributed by atoms with Crippen molar-refractivity contribution >= 4 is 17.7 Å². The highest BCUT2D eigenvalue weighted by Gasteiger charge is 2.52. The molecule has 31 heavy (non-hydrogen) atoms. The van der Waals surface area contributed by atoms with E-state index in [4.69, 9.17) is 14.3 Å². The van der Waals surface area contributed by atoms with Crippen LogP contribution in [0.4, 0.5) is 4.79 Å². The van der Waals surface area contributed by atoms with Crippen molar-refractivity contribution in [3.63, 3.8) is 0 Å². The molecule has 1 fully saturated rings. The molecule has 1 saturated heterocycles. The molecule has 0 aromatic heterocycles. The van der Waals surface area contributed by atoms with Crippen molar-refractivity contribution in [3.05, 3.63) is 78.6 Å². The summed E-state index contributed by atoms with van der Waals surface area (Å²) in [6.45, 7) is 7.16. The van der Waals surface area contributed by atoms with Gasteiger partial charge in [0.05, 0.1) is 18.0 Å². The van der Waals surface area contributed by atoms with Gasteiger partial charge in [0.1, 0.15) is 11.4 Å². The van der Waals surface area contributed by atoms with Gasteiger partial charge >= 0.3 is 6.09 Å². The quantitative estimate of drug-likeness (QED) is 0.659. The van der Waals surface area contributed by atoms with Crippen molar-refractivity contribution in [2.24, 2.45) is 5.16 Å². The number of carbonyl (C=O) groups excluding carboxylic acids is 2. The van der Waals surface area contributed by atoms with Crippen LogP contribution in [0.15, 0.2) is 72.6 Å². The first-order valence-corrected chi connectivity index (χ1v) is 10.1. The number of imide groups is 1. The van der Waals surface area contributed by atoms with Crippen molar-refractivity contribution in [1.82, 2.24) is 4.90 Å². The molecule has 2 heterocycles.